The molecule has 0 amide bonds. The summed E-state index contributed by atoms with van der Waals surface area (Å²) in [5.41, 5.74) is 4.09. The summed E-state index contributed by atoms with van der Waals surface area (Å²) in [7, 11) is 0. The Hall–Kier alpha value is -4.00. The first-order valence-electron chi connectivity index (χ1n) is 16.2. The fraction of sp³-hybridized carbons (Fsp3) is 0.300. The van der Waals surface area contributed by atoms with E-state index >= 15 is 4.39 Å². The molecule has 6 rings (SSSR count). The van der Waals surface area contributed by atoms with E-state index < -0.39 is 17.5 Å². The maximum absolute atomic E-state index is 15.3. The number of fused-ring (bicyclic) bond motifs is 7. The molecule has 1 N–H and O–H groups in total. The third kappa shape index (κ3) is 7.20. The smallest absolute Gasteiger partial charge is 0.162 e. The number of rotatable bonds is 8. The molecule has 8 heteroatoms. The molecule has 0 spiro atoms. The zero-order valence-corrected chi connectivity index (χ0v) is 30.3. The van der Waals surface area contributed by atoms with Gasteiger partial charge >= 0.3 is 0 Å². The number of benzene rings is 4. The standard InChI is InChI=1S/C27H15F3NO.C13H24O2.Ir/c1-13-7-14(2)9-15(8-13)26-17-3-4-18-19(16(17)5-6-31-26)10-23(30)25-20-11-21(28)22(29)12-24(20)32-27(18)25;1-5-10(6-2)12(14)9-13(15)11(7-3)8-4;/h3-8,10-12H,1-2H3;9-11,14H,5-8H2,1-4H3;/q-1;;/b;12-9-;. The van der Waals surface area contributed by atoms with Gasteiger partial charge in [0.2, 0.25) is 0 Å². The van der Waals surface area contributed by atoms with Crippen LogP contribution in [0, 0.1) is 49.2 Å². The molecule has 2 aromatic heterocycles. The summed E-state index contributed by atoms with van der Waals surface area (Å²) in [6.45, 7) is 12.1. The van der Waals surface area contributed by atoms with Gasteiger partial charge in [0, 0.05) is 61.1 Å². The van der Waals surface area contributed by atoms with Gasteiger partial charge in [-0.15, -0.1) is 34.9 Å². The molecule has 4 nitrogen and oxygen atoms in total. The molecule has 253 valence electrons. The maximum atomic E-state index is 15.3. The van der Waals surface area contributed by atoms with Crippen LogP contribution in [-0.2, 0) is 24.9 Å². The van der Waals surface area contributed by atoms with E-state index in [0.29, 0.717) is 10.8 Å². The van der Waals surface area contributed by atoms with Gasteiger partial charge in [-0.25, -0.2) is 13.2 Å². The Bertz CT molecular complexity index is 2130. The second-order valence-electron chi connectivity index (χ2n) is 12.1. The van der Waals surface area contributed by atoms with Gasteiger partial charge in [-0.05, 0) is 65.7 Å². The number of allylic oxidation sites excluding steroid dienone is 2. The minimum absolute atomic E-state index is 0. The number of furan rings is 1. The average molecular weight is 831 g/mol. The van der Waals surface area contributed by atoms with Crippen molar-refractivity contribution in [1.82, 2.24) is 4.98 Å². The van der Waals surface area contributed by atoms with Gasteiger partial charge in [0.05, 0.1) is 11.1 Å². The van der Waals surface area contributed by atoms with Crippen molar-refractivity contribution < 1.29 is 47.6 Å². The summed E-state index contributed by atoms with van der Waals surface area (Å²) in [6.07, 6.45) is 6.59. The monoisotopic (exact) mass is 831 g/mol. The number of aryl methyl sites for hydroxylation is 2. The van der Waals surface area contributed by atoms with Crippen LogP contribution in [0.5, 0.6) is 0 Å². The van der Waals surface area contributed by atoms with Crippen LogP contribution in [-0.4, -0.2) is 15.9 Å². The molecule has 1 radical (unpaired) electrons. The van der Waals surface area contributed by atoms with E-state index in [2.05, 4.69) is 11.1 Å². The topological polar surface area (TPSA) is 63.3 Å². The van der Waals surface area contributed by atoms with Gasteiger partial charge in [-0.1, -0.05) is 53.7 Å². The molecule has 6 aromatic rings. The second-order valence-corrected chi connectivity index (χ2v) is 12.1. The number of nitrogens with zero attached hydrogens (tertiary/aromatic N) is 1. The normalized spacial score (nSPS) is 11.9. The van der Waals surface area contributed by atoms with E-state index in [0.717, 1.165) is 71.0 Å². The van der Waals surface area contributed by atoms with Gasteiger partial charge in [0.15, 0.2) is 17.4 Å². The zero-order chi connectivity index (χ0) is 34.0. The van der Waals surface area contributed by atoms with Crippen LogP contribution in [0.3, 0.4) is 0 Å². The van der Waals surface area contributed by atoms with Crippen LogP contribution >= 0.6 is 0 Å². The third-order valence-electron chi connectivity index (χ3n) is 8.96. The number of ketones is 1. The molecule has 0 fully saturated rings. The third-order valence-corrected chi connectivity index (χ3v) is 8.96. The van der Waals surface area contributed by atoms with E-state index in [1.54, 1.807) is 6.20 Å². The molecule has 2 heterocycles. The van der Waals surface area contributed by atoms with Crippen LogP contribution < -0.4 is 0 Å². The fourth-order valence-corrected chi connectivity index (χ4v) is 6.37. The van der Waals surface area contributed by atoms with Gasteiger partial charge in [0.25, 0.3) is 0 Å². The largest absolute Gasteiger partial charge is 0.512 e. The summed E-state index contributed by atoms with van der Waals surface area (Å²) in [5, 5.41) is 13.1. The van der Waals surface area contributed by atoms with E-state index in [9.17, 15) is 18.7 Å². The quantitative estimate of drug-likeness (QED) is 0.0718. The van der Waals surface area contributed by atoms with Crippen LogP contribution in [0.2, 0.25) is 0 Å². The molecule has 0 aliphatic carbocycles. The minimum Gasteiger partial charge on any atom is -0.512 e. The van der Waals surface area contributed by atoms with Gasteiger partial charge in [-0.2, -0.15) is 0 Å². The average Bonchev–Trinajstić information content (AvgIpc) is 3.40. The number of aromatic nitrogens is 1. The molecule has 0 aliphatic rings. The summed E-state index contributed by atoms with van der Waals surface area (Å²) in [5.74, 6) is -2.09. The summed E-state index contributed by atoms with van der Waals surface area (Å²) in [6, 6.07) is 16.3. The first-order valence-corrected chi connectivity index (χ1v) is 16.2. The molecule has 4 aromatic carbocycles. The number of carbonyl (C=O) groups is 1. The maximum Gasteiger partial charge on any atom is 0.162 e. The van der Waals surface area contributed by atoms with Crippen molar-refractivity contribution in [2.45, 2.75) is 67.2 Å². The molecular weight excluding hydrogens is 792 g/mol. The van der Waals surface area contributed by atoms with Crippen molar-refractivity contribution in [1.29, 1.82) is 0 Å². The number of halogens is 3. The number of pyridine rings is 1. The Morgan fingerprint density at radius 1 is 0.812 bits per heavy atom. The van der Waals surface area contributed by atoms with Crippen molar-refractivity contribution >= 4 is 49.3 Å². The van der Waals surface area contributed by atoms with E-state index in [1.807, 2.05) is 71.9 Å². The van der Waals surface area contributed by atoms with Crippen molar-refractivity contribution in [3.8, 4) is 11.3 Å². The molecule has 0 atom stereocenters. The summed E-state index contributed by atoms with van der Waals surface area (Å²) >= 11 is 0. The Balaban J connectivity index is 0.000000279. The first kappa shape index (κ1) is 36.8. The molecule has 48 heavy (non-hydrogen) atoms. The predicted octanol–water partition coefficient (Wildman–Crippen LogP) is 11.7. The predicted molar refractivity (Wildman–Crippen MR) is 184 cm³/mol. The van der Waals surface area contributed by atoms with Crippen molar-refractivity contribution in [2.24, 2.45) is 11.8 Å². The van der Waals surface area contributed by atoms with Crippen LogP contribution in [0.1, 0.15) is 64.5 Å². The van der Waals surface area contributed by atoms with Crippen molar-refractivity contribution in [2.75, 3.05) is 0 Å². The number of aliphatic hydroxyl groups excluding tert-OH is 1. The molecule has 0 unspecified atom stereocenters. The van der Waals surface area contributed by atoms with Gasteiger partial charge < -0.3 is 14.5 Å². The molecule has 0 aliphatic heterocycles. The SMILES string of the molecule is CCC(CC)C(=O)/C=C(\O)C(CC)CC.Cc1[c-]c(-c2nccc3c2ccc2c3cc(F)c3c4cc(F)c(F)cc4oc23)cc(C)c1.[Ir]. The van der Waals surface area contributed by atoms with E-state index in [1.165, 1.54) is 12.1 Å². The Morgan fingerprint density at radius 2 is 1.44 bits per heavy atom. The molecular formula is C40H39F3IrNO3-. The molecule has 0 bridgehead atoms. The summed E-state index contributed by atoms with van der Waals surface area (Å²) < 4.78 is 48.6. The fourth-order valence-electron chi connectivity index (χ4n) is 6.37. The number of aliphatic hydroxyl groups is 1. The van der Waals surface area contributed by atoms with Crippen LogP contribution in [0.15, 0.2) is 71.0 Å². The number of hydrogen-bond donors (Lipinski definition) is 1. The summed E-state index contributed by atoms with van der Waals surface area (Å²) in [4.78, 5) is 16.3. The minimum atomic E-state index is -1.04. The van der Waals surface area contributed by atoms with Gasteiger partial charge in [0.1, 0.15) is 17.0 Å². The Morgan fingerprint density at radius 3 is 2.08 bits per heavy atom. The van der Waals surface area contributed by atoms with Crippen LogP contribution in [0.4, 0.5) is 13.2 Å². The zero-order valence-electron chi connectivity index (χ0n) is 27.9. The van der Waals surface area contributed by atoms with Crippen molar-refractivity contribution in [3.05, 3.63) is 101 Å². The number of carbonyl (C=O) groups excluding carboxylic acids is 1. The van der Waals surface area contributed by atoms with E-state index in [-0.39, 0.29) is 65.4 Å². The Labute approximate surface area is 292 Å². The second kappa shape index (κ2) is 15.5. The first-order chi connectivity index (χ1) is 22.5. The van der Waals surface area contributed by atoms with Gasteiger partial charge in [-0.3, -0.25) is 4.79 Å². The van der Waals surface area contributed by atoms with Crippen LogP contribution in [0.25, 0.3) is 54.7 Å². The Kier molecular flexibility index (Phi) is 11.9. The molecule has 0 saturated heterocycles. The van der Waals surface area contributed by atoms with E-state index in [4.69, 9.17) is 4.42 Å². The number of hydrogen-bond acceptors (Lipinski definition) is 4. The van der Waals surface area contributed by atoms with Crippen molar-refractivity contribution in [3.63, 3.8) is 0 Å². The molecule has 0 saturated carbocycles.